The second kappa shape index (κ2) is 6.34. The molecular weight excluding hydrogens is 330 g/mol. The lowest BCUT2D eigenvalue weighted by molar-refractivity contribution is -0.136. The van der Waals surface area contributed by atoms with Crippen LogP contribution in [0.3, 0.4) is 0 Å². The monoisotopic (exact) mass is 345 g/mol. The molecule has 9 heteroatoms. The first-order chi connectivity index (χ1) is 11.9. The molecule has 0 saturated carbocycles. The van der Waals surface area contributed by atoms with Crippen molar-refractivity contribution in [1.82, 2.24) is 15.5 Å². The predicted octanol–water partition coefficient (Wildman–Crippen LogP) is -0.787. The Morgan fingerprint density at radius 3 is 2.72 bits per heavy atom. The summed E-state index contributed by atoms with van der Waals surface area (Å²) < 4.78 is 5.33. The van der Waals surface area contributed by atoms with Crippen molar-refractivity contribution >= 4 is 29.5 Å². The third-order valence-electron chi connectivity index (χ3n) is 4.07. The van der Waals surface area contributed by atoms with Gasteiger partial charge in [-0.15, -0.1) is 0 Å². The Bertz CT molecular complexity index is 803. The van der Waals surface area contributed by atoms with Gasteiger partial charge in [0.25, 0.3) is 17.7 Å². The van der Waals surface area contributed by atoms with Crippen LogP contribution in [0.25, 0.3) is 0 Å². The van der Waals surface area contributed by atoms with E-state index >= 15 is 0 Å². The van der Waals surface area contributed by atoms with Gasteiger partial charge in [0, 0.05) is 13.5 Å². The third-order valence-corrected chi connectivity index (χ3v) is 4.07. The van der Waals surface area contributed by atoms with Crippen molar-refractivity contribution in [2.24, 2.45) is 0 Å². The van der Waals surface area contributed by atoms with E-state index in [4.69, 9.17) is 4.74 Å². The van der Waals surface area contributed by atoms with E-state index in [-0.39, 0.29) is 36.3 Å². The highest BCUT2D eigenvalue weighted by Crippen LogP contribution is 2.33. The Balaban J connectivity index is 1.90. The maximum atomic E-state index is 12.7. The summed E-state index contributed by atoms with van der Waals surface area (Å²) in [6.07, 6.45) is 0.119. The second-order valence-corrected chi connectivity index (χ2v) is 5.59. The molecule has 1 saturated heterocycles. The molecule has 0 aromatic heterocycles. The number of carbonyl (C=O) groups is 5. The van der Waals surface area contributed by atoms with E-state index in [2.05, 4.69) is 10.6 Å². The van der Waals surface area contributed by atoms with Gasteiger partial charge < -0.3 is 10.1 Å². The first-order valence-electron chi connectivity index (χ1n) is 7.62. The minimum Gasteiger partial charge on any atom is -0.483 e. The van der Waals surface area contributed by atoms with Gasteiger partial charge in [-0.25, -0.2) is 0 Å². The van der Waals surface area contributed by atoms with Crippen molar-refractivity contribution in [3.05, 3.63) is 29.3 Å². The maximum absolute atomic E-state index is 12.7. The number of amides is 5. The fraction of sp³-hybridized carbons (Fsp3) is 0.312. The van der Waals surface area contributed by atoms with Crippen molar-refractivity contribution in [3.8, 4) is 5.75 Å². The molecule has 2 aliphatic rings. The minimum absolute atomic E-state index is 0.0149. The topological polar surface area (TPSA) is 122 Å². The Hall–Kier alpha value is -3.23. The normalized spacial score (nSPS) is 19.6. The van der Waals surface area contributed by atoms with Crippen LogP contribution >= 0.6 is 0 Å². The molecule has 0 bridgehead atoms. The largest absolute Gasteiger partial charge is 0.483 e. The average molecular weight is 345 g/mol. The summed E-state index contributed by atoms with van der Waals surface area (Å²) in [5.74, 6) is -2.72. The summed E-state index contributed by atoms with van der Waals surface area (Å²) in [4.78, 5) is 60.8. The lowest BCUT2D eigenvalue weighted by atomic mass is 10.0. The molecule has 130 valence electrons. The van der Waals surface area contributed by atoms with Crippen molar-refractivity contribution in [2.45, 2.75) is 18.9 Å². The number of fused-ring (bicyclic) bond motifs is 1. The van der Waals surface area contributed by atoms with E-state index in [1.54, 1.807) is 0 Å². The number of imide groups is 2. The molecule has 0 aliphatic carbocycles. The molecule has 1 unspecified atom stereocenters. The molecule has 5 amide bonds. The number of hydrogen-bond acceptors (Lipinski definition) is 6. The van der Waals surface area contributed by atoms with Gasteiger partial charge in [0.05, 0.1) is 11.1 Å². The highest BCUT2D eigenvalue weighted by molar-refractivity contribution is 6.24. The van der Waals surface area contributed by atoms with Crippen molar-refractivity contribution in [3.63, 3.8) is 0 Å². The molecule has 1 fully saturated rings. The molecule has 1 aromatic rings. The molecule has 0 radical (unpaired) electrons. The van der Waals surface area contributed by atoms with E-state index < -0.39 is 35.6 Å². The van der Waals surface area contributed by atoms with E-state index in [0.717, 1.165) is 4.90 Å². The molecule has 0 spiro atoms. The maximum Gasteiger partial charge on any atom is 0.266 e. The summed E-state index contributed by atoms with van der Waals surface area (Å²) in [5, 5.41) is 4.51. The lowest BCUT2D eigenvalue weighted by Gasteiger charge is -2.27. The van der Waals surface area contributed by atoms with Crippen LogP contribution < -0.4 is 15.4 Å². The minimum atomic E-state index is -1.04. The lowest BCUT2D eigenvalue weighted by Crippen LogP contribution is -2.54. The quantitative estimate of drug-likeness (QED) is 0.690. The number of likely N-dealkylation sites (N-methyl/N-ethyl adjacent to an activating group) is 1. The van der Waals surface area contributed by atoms with Gasteiger partial charge in [-0.3, -0.25) is 34.2 Å². The summed E-state index contributed by atoms with van der Waals surface area (Å²) in [6.45, 7) is -0.313. The van der Waals surface area contributed by atoms with Gasteiger partial charge in [-0.2, -0.15) is 0 Å². The molecule has 9 nitrogen and oxygen atoms in total. The number of nitrogens with one attached hydrogen (secondary N) is 2. The van der Waals surface area contributed by atoms with E-state index in [9.17, 15) is 24.0 Å². The van der Waals surface area contributed by atoms with Crippen LogP contribution in [0.1, 0.15) is 33.6 Å². The molecule has 25 heavy (non-hydrogen) atoms. The van der Waals surface area contributed by atoms with Crippen LogP contribution in [0, 0.1) is 0 Å². The Morgan fingerprint density at radius 2 is 2.04 bits per heavy atom. The molecule has 1 atom stereocenters. The van der Waals surface area contributed by atoms with Crippen molar-refractivity contribution < 1.29 is 28.7 Å². The molecule has 2 aliphatic heterocycles. The van der Waals surface area contributed by atoms with E-state index in [0.29, 0.717) is 0 Å². The number of hydrogen-bond donors (Lipinski definition) is 2. The van der Waals surface area contributed by atoms with Crippen LogP contribution in [-0.2, 0) is 14.4 Å². The number of rotatable bonds is 4. The predicted molar refractivity (Wildman–Crippen MR) is 82.7 cm³/mol. The van der Waals surface area contributed by atoms with Crippen LogP contribution in [0.15, 0.2) is 18.2 Å². The average Bonchev–Trinajstić information content (AvgIpc) is 2.85. The van der Waals surface area contributed by atoms with Crippen LogP contribution in [0.2, 0.25) is 0 Å². The first-order valence-corrected chi connectivity index (χ1v) is 7.62. The smallest absolute Gasteiger partial charge is 0.266 e. The van der Waals surface area contributed by atoms with E-state index in [1.165, 1.54) is 25.2 Å². The molecule has 2 N–H and O–H groups in total. The van der Waals surface area contributed by atoms with Crippen LogP contribution in [0.5, 0.6) is 5.75 Å². The van der Waals surface area contributed by atoms with Gasteiger partial charge in [0.2, 0.25) is 11.8 Å². The summed E-state index contributed by atoms with van der Waals surface area (Å²) in [7, 11) is 1.44. The Kier molecular flexibility index (Phi) is 4.22. The highest BCUT2D eigenvalue weighted by Gasteiger charge is 2.45. The number of ether oxygens (including phenoxy) is 1. The van der Waals surface area contributed by atoms with Gasteiger partial charge >= 0.3 is 0 Å². The zero-order valence-electron chi connectivity index (χ0n) is 13.3. The molecule has 1 aromatic carbocycles. The van der Waals surface area contributed by atoms with Gasteiger partial charge in [-0.05, 0) is 18.6 Å². The van der Waals surface area contributed by atoms with Crippen LogP contribution in [0.4, 0.5) is 0 Å². The van der Waals surface area contributed by atoms with Gasteiger partial charge in [-0.1, -0.05) is 6.07 Å². The molecule has 2 heterocycles. The van der Waals surface area contributed by atoms with Crippen molar-refractivity contribution in [1.29, 1.82) is 0 Å². The van der Waals surface area contributed by atoms with Gasteiger partial charge in [0.1, 0.15) is 11.8 Å². The number of carbonyl (C=O) groups excluding carboxylic acids is 5. The van der Waals surface area contributed by atoms with Crippen molar-refractivity contribution in [2.75, 3.05) is 13.7 Å². The van der Waals surface area contributed by atoms with Gasteiger partial charge in [0.15, 0.2) is 6.61 Å². The van der Waals surface area contributed by atoms with E-state index in [1.807, 2.05) is 0 Å². The third kappa shape index (κ3) is 2.84. The number of nitrogens with zero attached hydrogens (tertiary/aromatic N) is 1. The highest BCUT2D eigenvalue weighted by atomic mass is 16.5. The van der Waals surface area contributed by atoms with Crippen LogP contribution in [-0.4, -0.2) is 54.1 Å². The zero-order chi connectivity index (χ0) is 18.1. The fourth-order valence-corrected chi connectivity index (χ4v) is 2.82. The number of benzene rings is 1. The summed E-state index contributed by atoms with van der Waals surface area (Å²) >= 11 is 0. The Labute approximate surface area is 142 Å². The SMILES string of the molecule is CNC(=O)COc1cccc2c1C(=O)N(C1CCC(=O)NC1=O)C2=O. The summed E-state index contributed by atoms with van der Waals surface area (Å²) in [6, 6.07) is 3.41. The standard InChI is InChI=1S/C16H15N3O6/c1-17-12(21)7-25-10-4-2-3-8-13(10)16(24)19(15(8)23)9-5-6-11(20)18-14(9)22/h2-4,9H,5-7H2,1H3,(H,17,21)(H,18,20,22). The Morgan fingerprint density at radius 1 is 1.28 bits per heavy atom. The zero-order valence-corrected chi connectivity index (χ0v) is 13.3. The fourth-order valence-electron chi connectivity index (χ4n) is 2.82. The molecular formula is C16H15N3O6. The number of piperidine rings is 1. The first kappa shape index (κ1) is 16.6. The molecule has 3 rings (SSSR count). The second-order valence-electron chi connectivity index (χ2n) is 5.59. The summed E-state index contributed by atoms with van der Waals surface area (Å²) in [5.41, 5.74) is 0.116.